The van der Waals surface area contributed by atoms with Gasteiger partial charge in [0.25, 0.3) is 0 Å². The van der Waals surface area contributed by atoms with E-state index in [0.717, 1.165) is 35.6 Å². The van der Waals surface area contributed by atoms with Gasteiger partial charge in [-0.15, -0.1) is 0 Å². The second-order valence-corrected chi connectivity index (χ2v) is 5.69. The van der Waals surface area contributed by atoms with Crippen molar-refractivity contribution >= 4 is 15.9 Å². The lowest BCUT2D eigenvalue weighted by Gasteiger charge is -2.20. The lowest BCUT2D eigenvalue weighted by atomic mass is 9.98. The largest absolute Gasteiger partial charge is 0.466 e. The molecule has 108 valence electrons. The smallest absolute Gasteiger partial charge is 0.137 e. The molecule has 1 aromatic carbocycles. The third kappa shape index (κ3) is 3.13. The topological polar surface area (TPSA) is 25.2 Å². The van der Waals surface area contributed by atoms with E-state index < -0.39 is 0 Å². The van der Waals surface area contributed by atoms with Gasteiger partial charge in [-0.3, -0.25) is 0 Å². The maximum atomic E-state index is 13.8. The third-order valence-corrected chi connectivity index (χ3v) is 4.12. The van der Waals surface area contributed by atoms with E-state index in [2.05, 4.69) is 28.2 Å². The van der Waals surface area contributed by atoms with Crippen molar-refractivity contribution in [3.05, 3.63) is 57.2 Å². The monoisotopic (exact) mass is 339 g/mol. The van der Waals surface area contributed by atoms with Crippen LogP contribution in [0.15, 0.2) is 33.2 Å². The van der Waals surface area contributed by atoms with Crippen LogP contribution in [-0.4, -0.2) is 6.54 Å². The SMILES string of the molecule is CCCNC(c1cc(C)oc1C)c1cccc(F)c1Br. The van der Waals surface area contributed by atoms with Crippen LogP contribution in [-0.2, 0) is 0 Å². The Bertz CT molecular complexity index is 594. The number of benzene rings is 1. The Morgan fingerprint density at radius 1 is 1.30 bits per heavy atom. The molecule has 0 amide bonds. The number of furan rings is 1. The van der Waals surface area contributed by atoms with Crippen molar-refractivity contribution < 1.29 is 8.81 Å². The highest BCUT2D eigenvalue weighted by molar-refractivity contribution is 9.10. The molecule has 0 saturated heterocycles. The van der Waals surface area contributed by atoms with Crippen molar-refractivity contribution in [1.29, 1.82) is 0 Å². The molecule has 1 heterocycles. The lowest BCUT2D eigenvalue weighted by molar-refractivity contribution is 0.493. The van der Waals surface area contributed by atoms with Crippen LogP contribution >= 0.6 is 15.9 Å². The van der Waals surface area contributed by atoms with Crippen molar-refractivity contribution in [3.8, 4) is 0 Å². The highest BCUT2D eigenvalue weighted by Crippen LogP contribution is 2.33. The molecule has 0 bridgehead atoms. The molecular formula is C16H19BrFNO. The summed E-state index contributed by atoms with van der Waals surface area (Å²) < 4.78 is 19.9. The number of nitrogens with one attached hydrogen (secondary N) is 1. The molecule has 0 radical (unpaired) electrons. The van der Waals surface area contributed by atoms with Gasteiger partial charge in [0, 0.05) is 5.56 Å². The molecule has 1 unspecified atom stereocenters. The van der Waals surface area contributed by atoms with E-state index in [1.807, 2.05) is 26.0 Å². The van der Waals surface area contributed by atoms with Crippen molar-refractivity contribution in [2.75, 3.05) is 6.54 Å². The van der Waals surface area contributed by atoms with E-state index in [4.69, 9.17) is 4.42 Å². The summed E-state index contributed by atoms with van der Waals surface area (Å²) in [7, 11) is 0. The Hall–Kier alpha value is -1.13. The predicted molar refractivity (Wildman–Crippen MR) is 82.4 cm³/mol. The Kier molecular flexibility index (Phi) is 5.00. The van der Waals surface area contributed by atoms with Crippen LogP contribution < -0.4 is 5.32 Å². The average Bonchev–Trinajstić information content (AvgIpc) is 2.74. The van der Waals surface area contributed by atoms with Crippen molar-refractivity contribution in [1.82, 2.24) is 5.32 Å². The zero-order valence-corrected chi connectivity index (χ0v) is 13.6. The summed E-state index contributed by atoms with van der Waals surface area (Å²) in [5.41, 5.74) is 1.95. The van der Waals surface area contributed by atoms with Crippen LogP contribution in [0, 0.1) is 19.7 Å². The summed E-state index contributed by atoms with van der Waals surface area (Å²) in [4.78, 5) is 0. The predicted octanol–water partition coefficient (Wildman–Crippen LogP) is 4.89. The minimum atomic E-state index is -0.247. The van der Waals surface area contributed by atoms with Gasteiger partial charge in [-0.2, -0.15) is 0 Å². The summed E-state index contributed by atoms with van der Waals surface area (Å²) in [5, 5.41) is 3.47. The quantitative estimate of drug-likeness (QED) is 0.839. The minimum absolute atomic E-state index is 0.0718. The summed E-state index contributed by atoms with van der Waals surface area (Å²) in [5.74, 6) is 1.49. The zero-order valence-electron chi connectivity index (χ0n) is 12.0. The summed E-state index contributed by atoms with van der Waals surface area (Å²) in [6, 6.07) is 7.07. The molecule has 2 nitrogen and oxygen atoms in total. The highest BCUT2D eigenvalue weighted by atomic mass is 79.9. The van der Waals surface area contributed by atoms with Gasteiger partial charge in [-0.1, -0.05) is 19.1 Å². The van der Waals surface area contributed by atoms with E-state index in [1.165, 1.54) is 6.07 Å². The van der Waals surface area contributed by atoms with Crippen molar-refractivity contribution in [3.63, 3.8) is 0 Å². The van der Waals surface area contributed by atoms with Gasteiger partial charge in [0.05, 0.1) is 10.5 Å². The summed E-state index contributed by atoms with van der Waals surface area (Å²) in [6.45, 7) is 6.83. The number of hydrogen-bond donors (Lipinski definition) is 1. The van der Waals surface area contributed by atoms with Crippen LogP contribution in [0.5, 0.6) is 0 Å². The molecule has 1 atom stereocenters. The first-order chi connectivity index (χ1) is 9.54. The molecule has 0 aliphatic carbocycles. The van der Waals surface area contributed by atoms with E-state index in [1.54, 1.807) is 6.07 Å². The second kappa shape index (κ2) is 6.55. The number of aryl methyl sites for hydroxylation is 2. The van der Waals surface area contributed by atoms with E-state index in [9.17, 15) is 4.39 Å². The van der Waals surface area contributed by atoms with Crippen LogP contribution in [0.2, 0.25) is 0 Å². The van der Waals surface area contributed by atoms with Gasteiger partial charge in [0.1, 0.15) is 17.3 Å². The zero-order chi connectivity index (χ0) is 14.7. The van der Waals surface area contributed by atoms with Gasteiger partial charge in [0.15, 0.2) is 0 Å². The number of rotatable bonds is 5. The Morgan fingerprint density at radius 3 is 2.65 bits per heavy atom. The van der Waals surface area contributed by atoms with Gasteiger partial charge < -0.3 is 9.73 Å². The molecule has 0 fully saturated rings. The van der Waals surface area contributed by atoms with Crippen LogP contribution in [0.1, 0.15) is 42.0 Å². The fourth-order valence-corrected chi connectivity index (χ4v) is 2.85. The maximum Gasteiger partial charge on any atom is 0.137 e. The third-order valence-electron chi connectivity index (χ3n) is 3.28. The van der Waals surface area contributed by atoms with Crippen LogP contribution in [0.25, 0.3) is 0 Å². The van der Waals surface area contributed by atoms with Crippen LogP contribution in [0.3, 0.4) is 0 Å². The molecule has 20 heavy (non-hydrogen) atoms. The highest BCUT2D eigenvalue weighted by Gasteiger charge is 2.21. The standard InChI is InChI=1S/C16H19BrFNO/c1-4-8-19-16(13-9-10(2)20-11(13)3)12-6-5-7-14(18)15(12)17/h5-7,9,16,19H,4,8H2,1-3H3. The second-order valence-electron chi connectivity index (χ2n) is 4.90. The molecule has 1 N–H and O–H groups in total. The summed E-state index contributed by atoms with van der Waals surface area (Å²) >= 11 is 3.36. The van der Waals surface area contributed by atoms with Gasteiger partial charge in [-0.05, 0) is 60.4 Å². The molecule has 0 aliphatic rings. The van der Waals surface area contributed by atoms with Crippen molar-refractivity contribution in [2.45, 2.75) is 33.2 Å². The van der Waals surface area contributed by atoms with Gasteiger partial charge >= 0.3 is 0 Å². The Morgan fingerprint density at radius 2 is 2.05 bits per heavy atom. The van der Waals surface area contributed by atoms with Crippen molar-refractivity contribution in [2.24, 2.45) is 0 Å². The first-order valence-electron chi connectivity index (χ1n) is 6.78. The molecule has 0 saturated carbocycles. The lowest BCUT2D eigenvalue weighted by Crippen LogP contribution is -2.24. The minimum Gasteiger partial charge on any atom is -0.466 e. The molecule has 2 rings (SSSR count). The number of hydrogen-bond acceptors (Lipinski definition) is 2. The normalized spacial score (nSPS) is 12.7. The van der Waals surface area contributed by atoms with E-state index in [0.29, 0.717) is 4.47 Å². The van der Waals surface area contributed by atoms with Gasteiger partial charge in [0.2, 0.25) is 0 Å². The van der Waals surface area contributed by atoms with E-state index in [-0.39, 0.29) is 11.9 Å². The maximum absolute atomic E-state index is 13.8. The molecule has 2 aromatic rings. The fraction of sp³-hybridized carbons (Fsp3) is 0.375. The number of halogens is 2. The molecule has 0 aliphatic heterocycles. The van der Waals surface area contributed by atoms with Crippen LogP contribution in [0.4, 0.5) is 4.39 Å². The Balaban J connectivity index is 2.47. The molecule has 1 aromatic heterocycles. The Labute approximate surface area is 127 Å². The first kappa shape index (κ1) is 15.3. The summed E-state index contributed by atoms with van der Waals surface area (Å²) in [6.07, 6.45) is 1.01. The van der Waals surface area contributed by atoms with Gasteiger partial charge in [-0.25, -0.2) is 4.39 Å². The fourth-order valence-electron chi connectivity index (χ4n) is 2.36. The molecular weight excluding hydrogens is 321 g/mol. The molecule has 0 spiro atoms. The first-order valence-corrected chi connectivity index (χ1v) is 7.58. The van der Waals surface area contributed by atoms with E-state index >= 15 is 0 Å². The average molecular weight is 340 g/mol. The molecule has 4 heteroatoms.